The molecule has 1 aliphatic heterocycles. The minimum atomic E-state index is -1.40. The quantitative estimate of drug-likeness (QED) is 0.340. The first-order chi connectivity index (χ1) is 18.1. The van der Waals surface area contributed by atoms with E-state index in [1.165, 1.54) is 32.9 Å². The molecule has 38 heavy (non-hydrogen) atoms. The second-order valence-corrected chi connectivity index (χ2v) is 10.3. The molecule has 11 heteroatoms. The van der Waals surface area contributed by atoms with Gasteiger partial charge < -0.3 is 40.2 Å². The third-order valence-electron chi connectivity index (χ3n) is 7.06. The molecular formula is C27H34N2O8S. The summed E-state index contributed by atoms with van der Waals surface area (Å²) < 4.78 is 17.4. The highest BCUT2D eigenvalue weighted by molar-refractivity contribution is 7.98. The number of anilines is 1. The monoisotopic (exact) mass is 546 g/mol. The Bertz CT molecular complexity index is 1270. The number of hydrogen-bond acceptors (Lipinski definition) is 10. The van der Waals surface area contributed by atoms with E-state index in [0.29, 0.717) is 40.5 Å². The lowest BCUT2D eigenvalue weighted by Gasteiger charge is -2.40. The van der Waals surface area contributed by atoms with Crippen molar-refractivity contribution >= 4 is 23.4 Å². The summed E-state index contributed by atoms with van der Waals surface area (Å²) in [5.74, 6) is 0.528. The summed E-state index contributed by atoms with van der Waals surface area (Å²) in [5.41, 5.74) is 3.33. The van der Waals surface area contributed by atoms with Gasteiger partial charge >= 0.3 is 0 Å². The molecule has 2 aromatic carbocycles. The molecule has 2 aromatic rings. The van der Waals surface area contributed by atoms with Crippen LogP contribution in [0.2, 0.25) is 0 Å². The van der Waals surface area contributed by atoms with Gasteiger partial charge in [-0.2, -0.15) is 0 Å². The van der Waals surface area contributed by atoms with E-state index in [-0.39, 0.29) is 11.3 Å². The van der Waals surface area contributed by atoms with Gasteiger partial charge in [0, 0.05) is 12.5 Å². The van der Waals surface area contributed by atoms with E-state index < -0.39 is 36.7 Å². The Hall–Kier alpha value is -2.83. The van der Waals surface area contributed by atoms with E-state index in [2.05, 4.69) is 10.6 Å². The molecule has 1 aliphatic carbocycles. The molecule has 0 aromatic heterocycles. The van der Waals surface area contributed by atoms with Crippen LogP contribution in [0.5, 0.6) is 11.5 Å². The van der Waals surface area contributed by atoms with E-state index in [0.717, 1.165) is 16.7 Å². The number of methoxy groups -OCH3 is 2. The highest BCUT2D eigenvalue weighted by Crippen LogP contribution is 2.49. The number of nitrogens with one attached hydrogen (secondary N) is 2. The Kier molecular flexibility index (Phi) is 8.53. The van der Waals surface area contributed by atoms with Crippen LogP contribution in [-0.2, 0) is 16.0 Å². The second kappa shape index (κ2) is 11.5. The first-order valence-electron chi connectivity index (χ1n) is 12.3. The van der Waals surface area contributed by atoms with Gasteiger partial charge in [0.05, 0.1) is 36.9 Å². The standard InChI is InChI=1S/C27H34N2O8S/c1-12-22(32)23(33)24(34)27(37-12)29-18-10-14-6-8-17(28-13(2)30)16-11-19(31)20(38-5)9-7-15(16)21(14)26(36-4)25(18)35-3/h7,9-12,17,22-24,27,29,32-34H,6,8H2,1-5H3,(H,28,30)/t12-,17-,22-,23+,24+,27+/m0/s1. The third-order valence-corrected chi connectivity index (χ3v) is 7.84. The molecule has 6 atom stereocenters. The molecule has 1 fully saturated rings. The number of thioether (sulfide) groups is 1. The summed E-state index contributed by atoms with van der Waals surface area (Å²) in [7, 11) is 3.00. The van der Waals surface area contributed by atoms with Crippen molar-refractivity contribution in [2.45, 2.75) is 68.3 Å². The minimum Gasteiger partial charge on any atom is -0.492 e. The van der Waals surface area contributed by atoms with Crippen LogP contribution in [0.3, 0.4) is 0 Å². The van der Waals surface area contributed by atoms with Crippen molar-refractivity contribution in [2.24, 2.45) is 0 Å². The average Bonchev–Trinajstić information content (AvgIpc) is 3.13. The predicted octanol–water partition coefficient (Wildman–Crippen LogP) is 1.82. The Morgan fingerprint density at radius 2 is 1.79 bits per heavy atom. The van der Waals surface area contributed by atoms with Crippen LogP contribution in [-0.4, -0.2) is 72.3 Å². The number of benzene rings is 1. The summed E-state index contributed by atoms with van der Waals surface area (Å²) >= 11 is 1.35. The molecular weight excluding hydrogens is 512 g/mol. The number of aryl methyl sites for hydroxylation is 1. The van der Waals surface area contributed by atoms with Gasteiger partial charge in [0.25, 0.3) is 0 Å². The van der Waals surface area contributed by atoms with Gasteiger partial charge in [-0.1, -0.05) is 6.07 Å². The predicted molar refractivity (Wildman–Crippen MR) is 144 cm³/mol. The third kappa shape index (κ3) is 5.21. The first kappa shape index (κ1) is 28.2. The Morgan fingerprint density at radius 1 is 1.08 bits per heavy atom. The molecule has 1 amide bonds. The Balaban J connectivity index is 1.90. The fourth-order valence-corrected chi connectivity index (χ4v) is 5.64. The molecule has 0 saturated carbocycles. The largest absolute Gasteiger partial charge is 0.492 e. The van der Waals surface area contributed by atoms with Gasteiger partial charge in [-0.05, 0) is 60.9 Å². The van der Waals surface area contributed by atoms with Gasteiger partial charge in [-0.15, -0.1) is 11.8 Å². The van der Waals surface area contributed by atoms with Crippen molar-refractivity contribution in [2.75, 3.05) is 25.8 Å². The lowest BCUT2D eigenvalue weighted by atomic mass is 9.94. The van der Waals surface area contributed by atoms with E-state index in [1.54, 1.807) is 19.1 Å². The van der Waals surface area contributed by atoms with Gasteiger partial charge in [0.2, 0.25) is 5.91 Å². The average molecular weight is 547 g/mol. The van der Waals surface area contributed by atoms with Crippen molar-refractivity contribution in [1.82, 2.24) is 5.32 Å². The van der Waals surface area contributed by atoms with Crippen LogP contribution >= 0.6 is 11.8 Å². The highest BCUT2D eigenvalue weighted by Gasteiger charge is 2.42. The molecule has 0 radical (unpaired) electrons. The molecule has 2 aliphatic rings. The fourth-order valence-electron chi connectivity index (χ4n) is 5.18. The SMILES string of the molecule is COc1c(N[C@@H]2O[C@@H](C)[C@H](O)[C@@H](O)[C@H]2O)cc2c(c1OC)-c1ccc(SC)c(=O)cc1[C@@H](NC(C)=O)CC2. The highest BCUT2D eigenvalue weighted by atomic mass is 32.2. The fraction of sp³-hybridized carbons (Fsp3) is 0.481. The van der Waals surface area contributed by atoms with Crippen LogP contribution < -0.4 is 25.5 Å². The van der Waals surface area contributed by atoms with Crippen molar-refractivity contribution in [3.05, 3.63) is 45.6 Å². The summed E-state index contributed by atoms with van der Waals surface area (Å²) in [6.45, 7) is 3.05. The lowest BCUT2D eigenvalue weighted by molar-refractivity contribution is -0.209. The summed E-state index contributed by atoms with van der Waals surface area (Å²) in [5, 5.41) is 37.0. The number of carbonyl (C=O) groups excluding carboxylic acids is 1. The zero-order chi connectivity index (χ0) is 27.7. The molecule has 1 heterocycles. The van der Waals surface area contributed by atoms with Crippen molar-refractivity contribution in [3.8, 4) is 22.6 Å². The molecule has 0 bridgehead atoms. The lowest BCUT2D eigenvalue weighted by Crippen LogP contribution is -2.58. The number of hydrogen-bond donors (Lipinski definition) is 5. The molecule has 0 unspecified atom stereocenters. The second-order valence-electron chi connectivity index (χ2n) is 9.47. The maximum Gasteiger partial charge on any atom is 0.217 e. The van der Waals surface area contributed by atoms with Crippen LogP contribution in [0.1, 0.15) is 37.4 Å². The van der Waals surface area contributed by atoms with Crippen molar-refractivity contribution in [3.63, 3.8) is 0 Å². The molecule has 5 N–H and O–H groups in total. The summed E-state index contributed by atoms with van der Waals surface area (Å²) in [4.78, 5) is 25.6. The molecule has 4 rings (SSSR count). The number of ether oxygens (including phenoxy) is 3. The minimum absolute atomic E-state index is 0.139. The topological polar surface area (TPSA) is 147 Å². The summed E-state index contributed by atoms with van der Waals surface area (Å²) in [6, 6.07) is 6.66. The molecule has 0 spiro atoms. The number of aliphatic hydroxyl groups is 3. The molecule has 10 nitrogen and oxygen atoms in total. The smallest absolute Gasteiger partial charge is 0.217 e. The van der Waals surface area contributed by atoms with E-state index in [4.69, 9.17) is 14.2 Å². The van der Waals surface area contributed by atoms with Gasteiger partial charge in [-0.25, -0.2) is 0 Å². The Morgan fingerprint density at radius 3 is 2.42 bits per heavy atom. The van der Waals surface area contributed by atoms with Gasteiger partial charge in [0.1, 0.15) is 18.3 Å². The number of aliphatic hydroxyl groups excluding tert-OH is 3. The van der Waals surface area contributed by atoms with E-state index >= 15 is 0 Å². The van der Waals surface area contributed by atoms with E-state index in [1.807, 2.05) is 18.4 Å². The van der Waals surface area contributed by atoms with Crippen molar-refractivity contribution in [1.29, 1.82) is 0 Å². The summed E-state index contributed by atoms with van der Waals surface area (Å²) in [6.07, 6.45) is -2.90. The molecule has 206 valence electrons. The van der Waals surface area contributed by atoms with E-state index in [9.17, 15) is 24.9 Å². The first-order valence-corrected chi connectivity index (χ1v) is 13.6. The maximum absolute atomic E-state index is 13.0. The van der Waals surface area contributed by atoms with Gasteiger partial charge in [0.15, 0.2) is 23.2 Å². The van der Waals surface area contributed by atoms with Crippen LogP contribution in [0.15, 0.2) is 34.0 Å². The van der Waals surface area contributed by atoms with Crippen molar-refractivity contribution < 1.29 is 34.3 Å². The zero-order valence-corrected chi connectivity index (χ0v) is 22.8. The Labute approximate surface area is 225 Å². The zero-order valence-electron chi connectivity index (χ0n) is 22.0. The number of rotatable bonds is 6. The molecule has 1 saturated heterocycles. The van der Waals surface area contributed by atoms with Crippen LogP contribution in [0, 0.1) is 0 Å². The number of amides is 1. The normalized spacial score (nSPS) is 26.4. The van der Waals surface area contributed by atoms with Gasteiger partial charge in [-0.3, -0.25) is 9.59 Å². The maximum atomic E-state index is 13.0. The van der Waals surface area contributed by atoms with Crippen LogP contribution in [0.4, 0.5) is 5.69 Å². The number of fused-ring (bicyclic) bond motifs is 3. The van der Waals surface area contributed by atoms with Crippen LogP contribution in [0.25, 0.3) is 11.1 Å². The number of carbonyl (C=O) groups is 1.